The van der Waals surface area contributed by atoms with Gasteiger partial charge in [-0.15, -0.1) is 0 Å². The van der Waals surface area contributed by atoms with Crippen molar-refractivity contribution >= 4 is 11.8 Å². The molecule has 1 aliphatic rings. The molecule has 1 N–H and O–H groups in total. The molecule has 1 fully saturated rings. The zero-order valence-corrected chi connectivity index (χ0v) is 13.9. The number of cyclic esters (lactones) is 1. The highest BCUT2D eigenvalue weighted by Crippen LogP contribution is 2.28. The minimum Gasteiger partial charge on any atom is -0.511 e. The van der Waals surface area contributed by atoms with Crippen LogP contribution in [0.5, 0.6) is 0 Å². The van der Waals surface area contributed by atoms with Gasteiger partial charge in [-0.25, -0.2) is 4.79 Å². The van der Waals surface area contributed by atoms with Gasteiger partial charge in [-0.1, -0.05) is 51.1 Å². The zero-order chi connectivity index (χ0) is 17.0. The van der Waals surface area contributed by atoms with Crippen molar-refractivity contribution in [3.8, 4) is 0 Å². The number of allylic oxidation sites excluding steroid dienone is 1. The number of aliphatic hydroxyl groups is 1. The van der Waals surface area contributed by atoms with E-state index in [2.05, 4.69) is 0 Å². The number of aryl methyl sites for hydroxylation is 1. The average molecular weight is 316 g/mol. The number of ether oxygens (including phenoxy) is 1. The van der Waals surface area contributed by atoms with Gasteiger partial charge in [-0.3, -0.25) is 4.79 Å². The molecular formula is C19H24O4. The average Bonchev–Trinajstić information content (AvgIpc) is 2.79. The van der Waals surface area contributed by atoms with Gasteiger partial charge in [0.05, 0.1) is 0 Å². The predicted octanol–water partition coefficient (Wildman–Crippen LogP) is 3.61. The number of hydrogen-bond donors (Lipinski definition) is 1. The van der Waals surface area contributed by atoms with Crippen LogP contribution in [0.4, 0.5) is 0 Å². The maximum atomic E-state index is 12.4. The molecule has 0 spiro atoms. The number of benzene rings is 1. The highest BCUT2D eigenvalue weighted by molar-refractivity contribution is 6.23. The molecule has 1 aromatic rings. The molecule has 0 radical (unpaired) electrons. The summed E-state index contributed by atoms with van der Waals surface area (Å²) in [5, 5.41) is 10.3. The summed E-state index contributed by atoms with van der Waals surface area (Å²) in [5.74, 6) is -1.07. The highest BCUT2D eigenvalue weighted by atomic mass is 16.6. The van der Waals surface area contributed by atoms with Crippen LogP contribution >= 0.6 is 0 Å². The van der Waals surface area contributed by atoms with Gasteiger partial charge in [0.25, 0.3) is 0 Å². The molecule has 0 aliphatic carbocycles. The second-order valence-electron chi connectivity index (χ2n) is 6.57. The summed E-state index contributed by atoms with van der Waals surface area (Å²) >= 11 is 0. The van der Waals surface area contributed by atoms with E-state index in [1.54, 1.807) is 0 Å². The van der Waals surface area contributed by atoms with Crippen LogP contribution in [0.3, 0.4) is 0 Å². The van der Waals surface area contributed by atoms with E-state index < -0.39 is 12.1 Å². The predicted molar refractivity (Wildman–Crippen MR) is 87.9 cm³/mol. The summed E-state index contributed by atoms with van der Waals surface area (Å²) in [6, 6.07) is 9.74. The Balaban J connectivity index is 2.07. The van der Waals surface area contributed by atoms with Crippen molar-refractivity contribution in [3.63, 3.8) is 0 Å². The number of esters is 1. The number of rotatable bonds is 6. The van der Waals surface area contributed by atoms with E-state index >= 15 is 0 Å². The minimum atomic E-state index is -0.786. The second kappa shape index (κ2) is 7.44. The fourth-order valence-electron chi connectivity index (χ4n) is 2.93. The number of carbonyl (C=O) groups is 2. The molecule has 2 rings (SSSR count). The Morgan fingerprint density at radius 1 is 1.17 bits per heavy atom. The third-order valence-corrected chi connectivity index (χ3v) is 4.08. The summed E-state index contributed by atoms with van der Waals surface area (Å²) in [4.78, 5) is 24.4. The summed E-state index contributed by atoms with van der Waals surface area (Å²) in [5.41, 5.74) is 0.933. The Kier molecular flexibility index (Phi) is 5.59. The van der Waals surface area contributed by atoms with Crippen LogP contribution in [0.2, 0.25) is 0 Å². The molecule has 2 atom stereocenters. The van der Waals surface area contributed by atoms with E-state index in [1.807, 2.05) is 51.1 Å². The van der Waals surface area contributed by atoms with E-state index in [4.69, 9.17) is 4.74 Å². The van der Waals surface area contributed by atoms with Gasteiger partial charge in [0, 0.05) is 5.92 Å². The lowest BCUT2D eigenvalue weighted by Crippen LogP contribution is -2.18. The van der Waals surface area contributed by atoms with Crippen LogP contribution in [-0.4, -0.2) is 23.0 Å². The molecule has 0 amide bonds. The van der Waals surface area contributed by atoms with Crippen LogP contribution in [0.15, 0.2) is 41.7 Å². The van der Waals surface area contributed by atoms with Crippen LogP contribution in [0.25, 0.3) is 0 Å². The van der Waals surface area contributed by atoms with Crippen molar-refractivity contribution in [3.05, 3.63) is 47.2 Å². The molecule has 0 aromatic heterocycles. The maximum Gasteiger partial charge on any atom is 0.346 e. The normalized spacial score (nSPS) is 21.5. The molecule has 1 saturated heterocycles. The van der Waals surface area contributed by atoms with E-state index in [9.17, 15) is 14.7 Å². The maximum absolute atomic E-state index is 12.4. The van der Waals surface area contributed by atoms with Crippen molar-refractivity contribution in [1.29, 1.82) is 0 Å². The number of hydrogen-bond acceptors (Lipinski definition) is 4. The van der Waals surface area contributed by atoms with Crippen LogP contribution in [0.1, 0.15) is 39.2 Å². The number of carbonyl (C=O) groups excluding carboxylic acids is 2. The fraction of sp³-hybridized carbons (Fsp3) is 0.474. The smallest absolute Gasteiger partial charge is 0.346 e. The summed E-state index contributed by atoms with van der Waals surface area (Å²) in [6.45, 7) is 5.89. The molecule has 1 aromatic carbocycles. The molecule has 4 nitrogen and oxygen atoms in total. The molecule has 1 heterocycles. The first kappa shape index (κ1) is 17.3. The first-order valence-corrected chi connectivity index (χ1v) is 8.12. The lowest BCUT2D eigenvalue weighted by molar-refractivity contribution is -0.141. The topological polar surface area (TPSA) is 63.6 Å². The largest absolute Gasteiger partial charge is 0.511 e. The molecule has 1 aliphatic heterocycles. The Bertz CT molecular complexity index is 601. The standard InChI is InChI=1S/C19H24O4/c1-12(2)11-13(3)17(20)16-18(21)15(23-19(16)22)10-9-14-7-5-4-6-8-14/h4-8,12-13,15,20H,9-11H2,1-3H3/t13-,15+/m1/s1. The monoisotopic (exact) mass is 316 g/mol. The van der Waals surface area contributed by atoms with Gasteiger partial charge in [0.1, 0.15) is 11.3 Å². The molecule has 124 valence electrons. The minimum absolute atomic E-state index is 0.129. The molecule has 0 unspecified atom stereocenters. The van der Waals surface area contributed by atoms with E-state index in [0.29, 0.717) is 25.2 Å². The van der Waals surface area contributed by atoms with Crippen molar-refractivity contribution in [2.75, 3.05) is 0 Å². The Morgan fingerprint density at radius 3 is 2.43 bits per heavy atom. The first-order valence-electron chi connectivity index (χ1n) is 8.12. The molecule has 0 bridgehead atoms. The molecular weight excluding hydrogens is 292 g/mol. The van der Waals surface area contributed by atoms with Gasteiger partial charge in [-0.2, -0.15) is 0 Å². The Hall–Kier alpha value is -2.10. The van der Waals surface area contributed by atoms with Crippen molar-refractivity contribution in [1.82, 2.24) is 0 Å². The van der Waals surface area contributed by atoms with Crippen molar-refractivity contribution in [2.24, 2.45) is 11.8 Å². The second-order valence-corrected chi connectivity index (χ2v) is 6.57. The number of Topliss-reactive ketones (excluding diaryl/α,β-unsaturated/α-hetero) is 1. The number of ketones is 1. The third-order valence-electron chi connectivity index (χ3n) is 4.08. The summed E-state index contributed by atoms with van der Waals surface area (Å²) in [6.07, 6.45) is 1.01. The van der Waals surface area contributed by atoms with Crippen molar-refractivity contribution in [2.45, 2.75) is 46.1 Å². The highest BCUT2D eigenvalue weighted by Gasteiger charge is 2.41. The van der Waals surface area contributed by atoms with E-state index in [0.717, 1.165) is 5.56 Å². The molecule has 23 heavy (non-hydrogen) atoms. The lowest BCUT2D eigenvalue weighted by Gasteiger charge is -2.13. The van der Waals surface area contributed by atoms with Crippen LogP contribution in [0, 0.1) is 11.8 Å². The third kappa shape index (κ3) is 4.21. The van der Waals surface area contributed by atoms with Gasteiger partial charge in [0.15, 0.2) is 6.10 Å². The Morgan fingerprint density at radius 2 is 1.83 bits per heavy atom. The quantitative estimate of drug-likeness (QED) is 0.377. The van der Waals surface area contributed by atoms with Gasteiger partial charge >= 0.3 is 5.97 Å². The van der Waals surface area contributed by atoms with Crippen LogP contribution in [-0.2, 0) is 20.7 Å². The van der Waals surface area contributed by atoms with E-state index in [-0.39, 0.29) is 23.0 Å². The molecule has 0 saturated carbocycles. The van der Waals surface area contributed by atoms with Crippen molar-refractivity contribution < 1.29 is 19.4 Å². The van der Waals surface area contributed by atoms with Gasteiger partial charge < -0.3 is 9.84 Å². The summed E-state index contributed by atoms with van der Waals surface area (Å²) in [7, 11) is 0. The van der Waals surface area contributed by atoms with Crippen LogP contribution < -0.4 is 0 Å². The summed E-state index contributed by atoms with van der Waals surface area (Å²) < 4.78 is 5.18. The first-order chi connectivity index (χ1) is 10.9. The fourth-order valence-corrected chi connectivity index (χ4v) is 2.93. The zero-order valence-electron chi connectivity index (χ0n) is 13.9. The van der Waals surface area contributed by atoms with E-state index in [1.165, 1.54) is 0 Å². The molecule has 4 heteroatoms. The van der Waals surface area contributed by atoms with Gasteiger partial charge in [-0.05, 0) is 30.7 Å². The Labute approximate surface area is 137 Å². The SMILES string of the molecule is CC(C)C[C@@H](C)C(O)=C1C(=O)O[C@@H](CCc2ccccc2)C1=O. The lowest BCUT2D eigenvalue weighted by atomic mass is 9.92. The van der Waals surface area contributed by atoms with Gasteiger partial charge in [0.2, 0.25) is 5.78 Å². The number of aliphatic hydroxyl groups excluding tert-OH is 1.